The zero-order valence-corrected chi connectivity index (χ0v) is 12.8. The van der Waals surface area contributed by atoms with Crippen molar-refractivity contribution in [2.75, 3.05) is 13.1 Å². The van der Waals surface area contributed by atoms with E-state index in [0.717, 1.165) is 19.0 Å². The largest absolute Gasteiger partial charge is 0.347 e. The Hall–Kier alpha value is -1.43. The van der Waals surface area contributed by atoms with Crippen molar-refractivity contribution in [1.82, 2.24) is 25.6 Å². The lowest BCUT2D eigenvalue weighted by atomic mass is 9.92. The summed E-state index contributed by atoms with van der Waals surface area (Å²) < 4.78 is 0. The molecular formula is C15H25N5O. The minimum atomic E-state index is -0.100. The van der Waals surface area contributed by atoms with Gasteiger partial charge >= 0.3 is 0 Å². The number of nitrogens with zero attached hydrogens (tertiary/aromatic N) is 3. The van der Waals surface area contributed by atoms with Gasteiger partial charge in [0.2, 0.25) is 0 Å². The van der Waals surface area contributed by atoms with Crippen LogP contribution in [0.1, 0.15) is 61.1 Å². The quantitative estimate of drug-likeness (QED) is 0.888. The molecule has 6 heteroatoms. The van der Waals surface area contributed by atoms with E-state index in [0.29, 0.717) is 11.4 Å². The van der Waals surface area contributed by atoms with Crippen LogP contribution in [0.5, 0.6) is 0 Å². The van der Waals surface area contributed by atoms with Gasteiger partial charge in [-0.15, -0.1) is 0 Å². The lowest BCUT2D eigenvalue weighted by Crippen LogP contribution is -2.51. The SMILES string of the molecule is Cc1n[nH]nc1C(=O)NC1CCCN(C2CCCCC2)C1. The average Bonchev–Trinajstić information content (AvgIpc) is 2.95. The van der Waals surface area contributed by atoms with Crippen LogP contribution in [0.25, 0.3) is 0 Å². The number of aromatic nitrogens is 3. The second-order valence-electron chi connectivity index (χ2n) is 6.36. The number of piperidine rings is 1. The molecule has 116 valence electrons. The van der Waals surface area contributed by atoms with Crippen molar-refractivity contribution in [3.05, 3.63) is 11.4 Å². The molecule has 1 atom stereocenters. The normalized spacial score (nSPS) is 24.9. The van der Waals surface area contributed by atoms with Crippen LogP contribution < -0.4 is 5.32 Å². The van der Waals surface area contributed by atoms with E-state index in [-0.39, 0.29) is 11.9 Å². The summed E-state index contributed by atoms with van der Waals surface area (Å²) >= 11 is 0. The highest BCUT2D eigenvalue weighted by molar-refractivity contribution is 5.93. The molecule has 0 aromatic carbocycles. The predicted octanol–water partition coefficient (Wildman–Crippen LogP) is 1.64. The molecule has 3 rings (SSSR count). The third-order valence-electron chi connectivity index (χ3n) is 4.82. The number of likely N-dealkylation sites (tertiary alicyclic amines) is 1. The maximum atomic E-state index is 12.2. The predicted molar refractivity (Wildman–Crippen MR) is 80.1 cm³/mol. The molecule has 1 aliphatic heterocycles. The Morgan fingerprint density at radius 3 is 2.71 bits per heavy atom. The Kier molecular flexibility index (Phi) is 4.53. The number of nitrogens with one attached hydrogen (secondary N) is 2. The zero-order valence-electron chi connectivity index (χ0n) is 12.8. The van der Waals surface area contributed by atoms with Gasteiger partial charge in [-0.25, -0.2) is 0 Å². The summed E-state index contributed by atoms with van der Waals surface area (Å²) in [4.78, 5) is 14.8. The summed E-state index contributed by atoms with van der Waals surface area (Å²) in [6.07, 6.45) is 8.97. The first-order chi connectivity index (χ1) is 10.2. The molecule has 1 aromatic rings. The van der Waals surface area contributed by atoms with E-state index < -0.39 is 0 Å². The minimum absolute atomic E-state index is 0.100. The van der Waals surface area contributed by atoms with Crippen LogP contribution in [0.4, 0.5) is 0 Å². The third kappa shape index (κ3) is 3.43. The summed E-state index contributed by atoms with van der Waals surface area (Å²) in [6.45, 7) is 3.96. The van der Waals surface area contributed by atoms with Crippen molar-refractivity contribution < 1.29 is 4.79 Å². The molecule has 2 heterocycles. The molecule has 1 aromatic heterocycles. The number of rotatable bonds is 3. The van der Waals surface area contributed by atoms with Gasteiger partial charge in [0.15, 0.2) is 5.69 Å². The first-order valence-electron chi connectivity index (χ1n) is 8.16. The highest BCUT2D eigenvalue weighted by Gasteiger charge is 2.28. The van der Waals surface area contributed by atoms with Gasteiger partial charge in [0.1, 0.15) is 0 Å². The van der Waals surface area contributed by atoms with E-state index in [4.69, 9.17) is 0 Å². The van der Waals surface area contributed by atoms with Crippen LogP contribution in [0.15, 0.2) is 0 Å². The minimum Gasteiger partial charge on any atom is -0.347 e. The number of carbonyl (C=O) groups is 1. The van der Waals surface area contributed by atoms with Crippen molar-refractivity contribution in [3.8, 4) is 0 Å². The smallest absolute Gasteiger partial charge is 0.274 e. The van der Waals surface area contributed by atoms with E-state index >= 15 is 0 Å². The summed E-state index contributed by atoms with van der Waals surface area (Å²) in [7, 11) is 0. The van der Waals surface area contributed by atoms with Gasteiger partial charge in [-0.2, -0.15) is 15.4 Å². The molecule has 0 radical (unpaired) electrons. The summed E-state index contributed by atoms with van der Waals surface area (Å²) in [5.74, 6) is -0.100. The summed E-state index contributed by atoms with van der Waals surface area (Å²) in [6, 6.07) is 0.969. The molecule has 1 aliphatic carbocycles. The van der Waals surface area contributed by atoms with Crippen LogP contribution >= 0.6 is 0 Å². The second kappa shape index (κ2) is 6.56. The fourth-order valence-electron chi connectivity index (χ4n) is 3.65. The molecule has 1 unspecified atom stereocenters. The number of amides is 1. The van der Waals surface area contributed by atoms with E-state index in [1.807, 2.05) is 0 Å². The van der Waals surface area contributed by atoms with Gasteiger partial charge in [-0.3, -0.25) is 9.69 Å². The summed E-state index contributed by atoms with van der Waals surface area (Å²) in [5.41, 5.74) is 1.08. The van der Waals surface area contributed by atoms with Crippen LogP contribution in [-0.2, 0) is 0 Å². The molecule has 1 saturated carbocycles. The fraction of sp³-hybridized carbons (Fsp3) is 0.800. The zero-order chi connectivity index (χ0) is 14.7. The third-order valence-corrected chi connectivity index (χ3v) is 4.82. The van der Waals surface area contributed by atoms with Crippen LogP contribution in [0.3, 0.4) is 0 Å². The van der Waals surface area contributed by atoms with E-state index in [2.05, 4.69) is 25.6 Å². The molecule has 2 fully saturated rings. The van der Waals surface area contributed by atoms with Crippen molar-refractivity contribution in [1.29, 1.82) is 0 Å². The van der Waals surface area contributed by atoms with Crippen LogP contribution in [0, 0.1) is 6.92 Å². The van der Waals surface area contributed by atoms with Gasteiger partial charge in [-0.05, 0) is 39.2 Å². The van der Waals surface area contributed by atoms with Crippen molar-refractivity contribution in [2.24, 2.45) is 0 Å². The van der Waals surface area contributed by atoms with Crippen molar-refractivity contribution in [2.45, 2.75) is 64.0 Å². The van der Waals surface area contributed by atoms with Crippen molar-refractivity contribution in [3.63, 3.8) is 0 Å². The van der Waals surface area contributed by atoms with Gasteiger partial charge in [0.05, 0.1) is 5.69 Å². The Morgan fingerprint density at radius 2 is 2.00 bits per heavy atom. The molecule has 0 spiro atoms. The Bertz CT molecular complexity index is 480. The monoisotopic (exact) mass is 291 g/mol. The Labute approximate surface area is 125 Å². The molecule has 6 nitrogen and oxygen atoms in total. The maximum absolute atomic E-state index is 12.2. The molecule has 21 heavy (non-hydrogen) atoms. The van der Waals surface area contributed by atoms with E-state index in [1.165, 1.54) is 45.1 Å². The fourth-order valence-corrected chi connectivity index (χ4v) is 3.65. The van der Waals surface area contributed by atoms with Gasteiger partial charge < -0.3 is 5.32 Å². The van der Waals surface area contributed by atoms with Crippen LogP contribution in [0.2, 0.25) is 0 Å². The Balaban J connectivity index is 1.56. The number of carbonyl (C=O) groups excluding carboxylic acids is 1. The number of aryl methyl sites for hydroxylation is 1. The first-order valence-corrected chi connectivity index (χ1v) is 8.16. The topological polar surface area (TPSA) is 73.9 Å². The molecule has 2 N–H and O–H groups in total. The molecular weight excluding hydrogens is 266 g/mol. The maximum Gasteiger partial charge on any atom is 0.274 e. The summed E-state index contributed by atoms with van der Waals surface area (Å²) in [5, 5.41) is 13.5. The standard InChI is InChI=1S/C15H25N5O/c1-11-14(18-19-17-11)15(21)16-12-6-5-9-20(10-12)13-7-3-2-4-8-13/h12-13H,2-10H2,1H3,(H,16,21)(H,17,18,19). The van der Waals surface area contributed by atoms with Gasteiger partial charge in [0.25, 0.3) is 5.91 Å². The van der Waals surface area contributed by atoms with E-state index in [1.54, 1.807) is 6.92 Å². The number of aromatic amines is 1. The molecule has 0 bridgehead atoms. The number of hydrogen-bond donors (Lipinski definition) is 2. The highest BCUT2D eigenvalue weighted by atomic mass is 16.2. The highest BCUT2D eigenvalue weighted by Crippen LogP contribution is 2.25. The van der Waals surface area contributed by atoms with Gasteiger partial charge in [-0.1, -0.05) is 19.3 Å². The molecule has 2 aliphatic rings. The number of hydrogen-bond acceptors (Lipinski definition) is 4. The lowest BCUT2D eigenvalue weighted by Gasteiger charge is -2.40. The first kappa shape index (κ1) is 14.5. The lowest BCUT2D eigenvalue weighted by molar-refractivity contribution is 0.0831. The van der Waals surface area contributed by atoms with Crippen LogP contribution in [-0.4, -0.2) is 51.4 Å². The number of H-pyrrole nitrogens is 1. The second-order valence-corrected chi connectivity index (χ2v) is 6.36. The molecule has 1 saturated heterocycles. The Morgan fingerprint density at radius 1 is 1.19 bits per heavy atom. The average molecular weight is 291 g/mol. The van der Waals surface area contributed by atoms with E-state index in [9.17, 15) is 4.79 Å². The van der Waals surface area contributed by atoms with Gasteiger partial charge in [0, 0.05) is 18.6 Å². The van der Waals surface area contributed by atoms with Crippen molar-refractivity contribution >= 4 is 5.91 Å². The molecule has 1 amide bonds.